The number of aromatic carboxylic acids is 1. The first-order chi connectivity index (χ1) is 8.47. The molecule has 0 unspecified atom stereocenters. The number of carboxylic acid groups (broad SMARTS) is 1. The average Bonchev–Trinajstić information content (AvgIpc) is 2.27. The Kier molecular flexibility index (Phi) is 3.55. The van der Waals surface area contributed by atoms with Crippen LogP contribution in [0.25, 0.3) is 11.1 Å². The smallest absolute Gasteiger partial charge is 0.335 e. The van der Waals surface area contributed by atoms with E-state index >= 15 is 0 Å². The molecule has 0 aliphatic heterocycles. The van der Waals surface area contributed by atoms with Gasteiger partial charge in [0, 0.05) is 15.6 Å². The van der Waals surface area contributed by atoms with Crippen LogP contribution in [0.2, 0.25) is 10.0 Å². The first-order valence-electron chi connectivity index (χ1n) is 4.96. The van der Waals surface area contributed by atoms with Gasteiger partial charge in [-0.25, -0.2) is 9.18 Å². The van der Waals surface area contributed by atoms with Crippen molar-refractivity contribution in [2.24, 2.45) is 0 Å². The monoisotopic (exact) mass is 284 g/mol. The molecular weight excluding hydrogens is 278 g/mol. The highest BCUT2D eigenvalue weighted by Crippen LogP contribution is 2.29. The Bertz CT molecular complexity index is 606. The van der Waals surface area contributed by atoms with Gasteiger partial charge in [0.1, 0.15) is 5.82 Å². The van der Waals surface area contributed by atoms with Gasteiger partial charge in [-0.2, -0.15) is 0 Å². The lowest BCUT2D eigenvalue weighted by Crippen LogP contribution is -1.97. The summed E-state index contributed by atoms with van der Waals surface area (Å²) in [5.41, 5.74) is 0.592. The lowest BCUT2D eigenvalue weighted by Gasteiger charge is -2.06. The zero-order chi connectivity index (χ0) is 13.3. The van der Waals surface area contributed by atoms with Crippen molar-refractivity contribution in [2.75, 3.05) is 0 Å². The number of halogens is 3. The van der Waals surface area contributed by atoms with E-state index in [9.17, 15) is 9.18 Å². The molecule has 5 heteroatoms. The van der Waals surface area contributed by atoms with Crippen LogP contribution in [0.15, 0.2) is 36.4 Å². The SMILES string of the molecule is O=C(O)c1ccc(F)c(-c2cc(Cl)cc(Cl)c2)c1. The van der Waals surface area contributed by atoms with Crippen molar-refractivity contribution in [1.82, 2.24) is 0 Å². The maximum Gasteiger partial charge on any atom is 0.335 e. The highest BCUT2D eigenvalue weighted by Gasteiger charge is 2.11. The lowest BCUT2D eigenvalue weighted by atomic mass is 10.0. The molecule has 2 nitrogen and oxygen atoms in total. The fraction of sp³-hybridized carbons (Fsp3) is 0. The first kappa shape index (κ1) is 12.9. The predicted octanol–water partition coefficient (Wildman–Crippen LogP) is 4.50. The van der Waals surface area contributed by atoms with Gasteiger partial charge in [0.05, 0.1) is 5.56 Å². The maximum atomic E-state index is 13.7. The van der Waals surface area contributed by atoms with E-state index in [2.05, 4.69) is 0 Å². The largest absolute Gasteiger partial charge is 0.478 e. The Hall–Kier alpha value is -1.58. The maximum absolute atomic E-state index is 13.7. The van der Waals surface area contributed by atoms with E-state index in [-0.39, 0.29) is 11.1 Å². The van der Waals surface area contributed by atoms with Crippen molar-refractivity contribution in [3.8, 4) is 11.1 Å². The summed E-state index contributed by atoms with van der Waals surface area (Å²) in [6, 6.07) is 8.13. The quantitative estimate of drug-likeness (QED) is 0.882. The molecule has 92 valence electrons. The van der Waals surface area contributed by atoms with Crippen LogP contribution in [0.4, 0.5) is 4.39 Å². The number of hydrogen-bond acceptors (Lipinski definition) is 1. The van der Waals surface area contributed by atoms with Crippen molar-refractivity contribution in [3.05, 3.63) is 57.8 Å². The Morgan fingerprint density at radius 3 is 2.22 bits per heavy atom. The predicted molar refractivity (Wildman–Crippen MR) is 68.8 cm³/mol. The molecule has 0 bridgehead atoms. The lowest BCUT2D eigenvalue weighted by molar-refractivity contribution is 0.0697. The summed E-state index contributed by atoms with van der Waals surface area (Å²) in [7, 11) is 0. The number of rotatable bonds is 2. The topological polar surface area (TPSA) is 37.3 Å². The Balaban J connectivity index is 2.62. The second-order valence-corrected chi connectivity index (χ2v) is 4.53. The van der Waals surface area contributed by atoms with E-state index in [0.29, 0.717) is 15.6 Å². The minimum absolute atomic E-state index is 0.00231. The number of benzene rings is 2. The summed E-state index contributed by atoms with van der Waals surface area (Å²) < 4.78 is 13.7. The number of carbonyl (C=O) groups is 1. The second-order valence-electron chi connectivity index (χ2n) is 3.66. The number of hydrogen-bond donors (Lipinski definition) is 1. The summed E-state index contributed by atoms with van der Waals surface area (Å²) in [6.45, 7) is 0. The van der Waals surface area contributed by atoms with E-state index in [0.717, 1.165) is 6.07 Å². The van der Waals surface area contributed by atoms with Crippen molar-refractivity contribution in [3.63, 3.8) is 0 Å². The molecule has 0 amide bonds. The Morgan fingerprint density at radius 2 is 1.67 bits per heavy atom. The van der Waals surface area contributed by atoms with E-state index in [1.54, 1.807) is 0 Å². The molecule has 0 saturated carbocycles. The van der Waals surface area contributed by atoms with E-state index in [1.807, 2.05) is 0 Å². The summed E-state index contributed by atoms with van der Waals surface area (Å²) in [5.74, 6) is -1.65. The molecule has 0 atom stereocenters. The van der Waals surface area contributed by atoms with Gasteiger partial charge in [0.15, 0.2) is 0 Å². The molecule has 0 spiro atoms. The average molecular weight is 285 g/mol. The van der Waals surface area contributed by atoms with Gasteiger partial charge in [-0.15, -0.1) is 0 Å². The van der Waals surface area contributed by atoms with Crippen LogP contribution in [0, 0.1) is 5.82 Å². The third kappa shape index (κ3) is 2.63. The zero-order valence-corrected chi connectivity index (χ0v) is 10.5. The highest BCUT2D eigenvalue weighted by atomic mass is 35.5. The molecule has 0 aliphatic carbocycles. The van der Waals surface area contributed by atoms with Crippen molar-refractivity contribution >= 4 is 29.2 Å². The standard InChI is InChI=1S/C13H7Cl2FO2/c14-9-3-8(4-10(15)6-9)11-5-7(13(17)18)1-2-12(11)16/h1-6H,(H,17,18). The van der Waals surface area contributed by atoms with Gasteiger partial charge in [-0.05, 0) is 42.0 Å². The van der Waals surface area contributed by atoms with Crippen LogP contribution in [0.3, 0.4) is 0 Å². The van der Waals surface area contributed by atoms with Gasteiger partial charge in [-0.3, -0.25) is 0 Å². The first-order valence-corrected chi connectivity index (χ1v) is 5.72. The van der Waals surface area contributed by atoms with E-state index in [4.69, 9.17) is 28.3 Å². The van der Waals surface area contributed by atoms with Gasteiger partial charge < -0.3 is 5.11 Å². The molecule has 2 aromatic rings. The Labute approximate surface area is 113 Å². The van der Waals surface area contributed by atoms with Gasteiger partial charge >= 0.3 is 5.97 Å². The minimum Gasteiger partial charge on any atom is -0.478 e. The van der Waals surface area contributed by atoms with Crippen LogP contribution in [-0.2, 0) is 0 Å². The molecule has 0 aliphatic rings. The van der Waals surface area contributed by atoms with Gasteiger partial charge in [0.25, 0.3) is 0 Å². The van der Waals surface area contributed by atoms with E-state index in [1.165, 1.54) is 30.3 Å². The molecule has 0 radical (unpaired) electrons. The minimum atomic E-state index is -1.12. The fourth-order valence-electron chi connectivity index (χ4n) is 1.59. The summed E-state index contributed by atoms with van der Waals surface area (Å²) in [4.78, 5) is 10.9. The zero-order valence-electron chi connectivity index (χ0n) is 8.95. The molecule has 2 rings (SSSR count). The van der Waals surface area contributed by atoms with Crippen LogP contribution in [0.5, 0.6) is 0 Å². The van der Waals surface area contributed by atoms with Gasteiger partial charge in [-0.1, -0.05) is 23.2 Å². The molecule has 1 N–H and O–H groups in total. The van der Waals surface area contributed by atoms with Crippen molar-refractivity contribution < 1.29 is 14.3 Å². The molecule has 0 aromatic heterocycles. The van der Waals surface area contributed by atoms with Crippen LogP contribution < -0.4 is 0 Å². The van der Waals surface area contributed by atoms with Crippen molar-refractivity contribution in [1.29, 1.82) is 0 Å². The Morgan fingerprint density at radius 1 is 1.06 bits per heavy atom. The normalized spacial score (nSPS) is 10.4. The molecule has 0 heterocycles. The summed E-state index contributed by atoms with van der Waals surface area (Å²) >= 11 is 11.7. The third-order valence-electron chi connectivity index (χ3n) is 2.39. The van der Waals surface area contributed by atoms with Crippen LogP contribution in [-0.4, -0.2) is 11.1 Å². The summed E-state index contributed by atoms with van der Waals surface area (Å²) in [5, 5.41) is 9.60. The van der Waals surface area contributed by atoms with Crippen LogP contribution >= 0.6 is 23.2 Å². The summed E-state index contributed by atoms with van der Waals surface area (Å²) in [6.07, 6.45) is 0. The van der Waals surface area contributed by atoms with Crippen molar-refractivity contribution in [2.45, 2.75) is 0 Å². The molecule has 0 saturated heterocycles. The number of carboxylic acids is 1. The molecular formula is C13H7Cl2FO2. The third-order valence-corrected chi connectivity index (χ3v) is 2.82. The molecule has 2 aromatic carbocycles. The fourth-order valence-corrected chi connectivity index (χ4v) is 2.11. The van der Waals surface area contributed by atoms with Gasteiger partial charge in [0.2, 0.25) is 0 Å². The highest BCUT2D eigenvalue weighted by molar-refractivity contribution is 6.35. The molecule has 18 heavy (non-hydrogen) atoms. The molecule has 0 fully saturated rings. The van der Waals surface area contributed by atoms with Crippen LogP contribution in [0.1, 0.15) is 10.4 Å². The second kappa shape index (κ2) is 4.96. The van der Waals surface area contributed by atoms with E-state index < -0.39 is 11.8 Å².